The van der Waals surface area contributed by atoms with Crippen molar-refractivity contribution in [2.24, 2.45) is 0 Å². The van der Waals surface area contributed by atoms with Crippen LogP contribution in [0.1, 0.15) is 5.56 Å². The van der Waals surface area contributed by atoms with E-state index in [1.165, 1.54) is 0 Å². The second-order valence-corrected chi connectivity index (χ2v) is 4.71. The highest BCUT2D eigenvalue weighted by Gasteiger charge is 2.09. The number of phenolic OH excluding ortho intramolecular Hbond substituents is 1. The summed E-state index contributed by atoms with van der Waals surface area (Å²) in [5.41, 5.74) is 1.07. The summed E-state index contributed by atoms with van der Waals surface area (Å²) >= 11 is 3.31. The molecule has 0 saturated heterocycles. The van der Waals surface area contributed by atoms with E-state index in [2.05, 4.69) is 20.8 Å². The zero-order valence-corrected chi connectivity index (χ0v) is 12.0. The molecule has 1 aromatic rings. The van der Waals surface area contributed by atoms with Crippen LogP contribution in [0.4, 0.5) is 0 Å². The predicted octanol–water partition coefficient (Wildman–Crippen LogP) is 2.24. The molecular weight excluding hydrogens is 286 g/mol. The van der Waals surface area contributed by atoms with Crippen molar-refractivity contribution in [1.29, 1.82) is 0 Å². The maximum Gasteiger partial charge on any atom is 0.172 e. The summed E-state index contributed by atoms with van der Waals surface area (Å²) in [6.45, 7) is 2.34. The number of rotatable bonds is 6. The number of halogens is 1. The third-order valence-corrected chi connectivity index (χ3v) is 3.04. The first-order valence-corrected chi connectivity index (χ1v) is 6.10. The summed E-state index contributed by atoms with van der Waals surface area (Å²) in [6, 6.07) is 3.73. The highest BCUT2D eigenvalue weighted by molar-refractivity contribution is 9.10. The molecule has 0 heterocycles. The van der Waals surface area contributed by atoms with Crippen molar-refractivity contribution in [3.05, 3.63) is 22.2 Å². The second kappa shape index (κ2) is 6.83. The predicted molar refractivity (Wildman–Crippen MR) is 70.6 cm³/mol. The molecule has 1 aromatic carbocycles. The third-order valence-electron chi connectivity index (χ3n) is 2.44. The number of phenols is 1. The van der Waals surface area contributed by atoms with E-state index in [4.69, 9.17) is 9.47 Å². The summed E-state index contributed by atoms with van der Waals surface area (Å²) < 4.78 is 10.8. The molecule has 17 heavy (non-hydrogen) atoms. The van der Waals surface area contributed by atoms with Gasteiger partial charge in [-0.15, -0.1) is 0 Å². The van der Waals surface area contributed by atoms with Crippen LogP contribution in [-0.2, 0) is 11.3 Å². The lowest BCUT2D eigenvalue weighted by Crippen LogP contribution is -2.22. The molecule has 1 N–H and O–H groups in total. The van der Waals surface area contributed by atoms with Crippen LogP contribution in [0.5, 0.6) is 11.5 Å². The van der Waals surface area contributed by atoms with Gasteiger partial charge in [0.25, 0.3) is 0 Å². The van der Waals surface area contributed by atoms with Gasteiger partial charge in [-0.25, -0.2) is 0 Å². The highest BCUT2D eigenvalue weighted by atomic mass is 79.9. The van der Waals surface area contributed by atoms with Crippen molar-refractivity contribution in [2.75, 3.05) is 34.4 Å². The summed E-state index contributed by atoms with van der Waals surface area (Å²) in [7, 11) is 5.25. The number of hydrogen-bond donors (Lipinski definition) is 1. The minimum absolute atomic E-state index is 0.135. The number of ether oxygens (including phenoxy) is 2. The van der Waals surface area contributed by atoms with Gasteiger partial charge in [-0.1, -0.05) is 0 Å². The van der Waals surface area contributed by atoms with Gasteiger partial charge in [0, 0.05) is 20.2 Å². The van der Waals surface area contributed by atoms with E-state index >= 15 is 0 Å². The first kappa shape index (κ1) is 14.3. The van der Waals surface area contributed by atoms with Crippen molar-refractivity contribution >= 4 is 15.9 Å². The summed E-state index contributed by atoms with van der Waals surface area (Å²) in [6.07, 6.45) is 0. The monoisotopic (exact) mass is 303 g/mol. The normalized spacial score (nSPS) is 10.9. The Bertz CT molecular complexity index is 371. The van der Waals surface area contributed by atoms with E-state index in [1.807, 2.05) is 19.2 Å². The van der Waals surface area contributed by atoms with Gasteiger partial charge in [0.15, 0.2) is 11.5 Å². The van der Waals surface area contributed by atoms with Gasteiger partial charge in [-0.05, 0) is 40.7 Å². The standard InChI is InChI=1S/C12H18BrNO3/c1-14(4-5-16-2)8-9-6-10(13)12(15)11(7-9)17-3/h6-7,15H,4-5,8H2,1-3H3. The maximum absolute atomic E-state index is 9.69. The van der Waals surface area contributed by atoms with E-state index < -0.39 is 0 Å². The van der Waals surface area contributed by atoms with E-state index in [0.29, 0.717) is 16.8 Å². The van der Waals surface area contributed by atoms with Crippen LogP contribution in [0.3, 0.4) is 0 Å². The molecule has 0 aliphatic rings. The molecule has 0 aromatic heterocycles. The molecule has 0 aliphatic carbocycles. The van der Waals surface area contributed by atoms with Crippen LogP contribution in [0.2, 0.25) is 0 Å². The van der Waals surface area contributed by atoms with Gasteiger partial charge < -0.3 is 14.6 Å². The first-order chi connectivity index (χ1) is 8.08. The zero-order valence-electron chi connectivity index (χ0n) is 10.4. The molecule has 4 nitrogen and oxygen atoms in total. The Morgan fingerprint density at radius 1 is 1.35 bits per heavy atom. The molecule has 1 rings (SSSR count). The number of aromatic hydroxyl groups is 1. The van der Waals surface area contributed by atoms with E-state index in [0.717, 1.165) is 18.7 Å². The molecule has 0 amide bonds. The fraction of sp³-hybridized carbons (Fsp3) is 0.500. The number of benzene rings is 1. The van der Waals surface area contributed by atoms with E-state index in [9.17, 15) is 5.11 Å². The SMILES string of the molecule is COCCN(C)Cc1cc(Br)c(O)c(OC)c1. The largest absolute Gasteiger partial charge is 0.503 e. The molecular formula is C12H18BrNO3. The molecule has 0 spiro atoms. The van der Waals surface area contributed by atoms with E-state index in [1.54, 1.807) is 14.2 Å². The van der Waals surface area contributed by atoms with Crippen molar-refractivity contribution in [2.45, 2.75) is 6.54 Å². The summed E-state index contributed by atoms with van der Waals surface area (Å²) in [5, 5.41) is 9.69. The lowest BCUT2D eigenvalue weighted by molar-refractivity contribution is 0.158. The van der Waals surface area contributed by atoms with Crippen LogP contribution < -0.4 is 4.74 Å². The smallest absolute Gasteiger partial charge is 0.172 e. The van der Waals surface area contributed by atoms with E-state index in [-0.39, 0.29) is 5.75 Å². The first-order valence-electron chi connectivity index (χ1n) is 5.31. The number of methoxy groups -OCH3 is 2. The minimum Gasteiger partial charge on any atom is -0.503 e. The quantitative estimate of drug-likeness (QED) is 0.875. The van der Waals surface area contributed by atoms with Crippen LogP contribution in [0.25, 0.3) is 0 Å². The Labute approximate surface area is 110 Å². The van der Waals surface area contributed by atoms with Gasteiger partial charge >= 0.3 is 0 Å². The fourth-order valence-electron chi connectivity index (χ4n) is 1.51. The van der Waals surface area contributed by atoms with Crippen LogP contribution >= 0.6 is 15.9 Å². The summed E-state index contributed by atoms with van der Waals surface area (Å²) in [4.78, 5) is 2.14. The Morgan fingerprint density at radius 3 is 2.65 bits per heavy atom. The van der Waals surface area contributed by atoms with Crippen LogP contribution in [0, 0.1) is 0 Å². The fourth-order valence-corrected chi connectivity index (χ4v) is 2.00. The third kappa shape index (κ3) is 4.18. The molecule has 0 radical (unpaired) electrons. The minimum atomic E-state index is 0.135. The Morgan fingerprint density at radius 2 is 2.06 bits per heavy atom. The lowest BCUT2D eigenvalue weighted by Gasteiger charge is -2.17. The molecule has 0 atom stereocenters. The molecule has 0 aliphatic heterocycles. The topological polar surface area (TPSA) is 41.9 Å². The molecule has 96 valence electrons. The number of hydrogen-bond acceptors (Lipinski definition) is 4. The lowest BCUT2D eigenvalue weighted by atomic mass is 10.2. The number of nitrogens with zero attached hydrogens (tertiary/aromatic N) is 1. The molecule has 0 unspecified atom stereocenters. The van der Waals surface area contributed by atoms with Crippen molar-refractivity contribution in [3.8, 4) is 11.5 Å². The van der Waals surface area contributed by atoms with Gasteiger partial charge in [0.1, 0.15) is 0 Å². The van der Waals surface area contributed by atoms with Gasteiger partial charge in [-0.3, -0.25) is 4.90 Å². The van der Waals surface area contributed by atoms with Gasteiger partial charge in [0.2, 0.25) is 0 Å². The van der Waals surface area contributed by atoms with Crippen molar-refractivity contribution in [3.63, 3.8) is 0 Å². The van der Waals surface area contributed by atoms with Gasteiger partial charge in [0.05, 0.1) is 18.2 Å². The maximum atomic E-state index is 9.69. The van der Waals surface area contributed by atoms with Crippen molar-refractivity contribution in [1.82, 2.24) is 4.90 Å². The van der Waals surface area contributed by atoms with Crippen molar-refractivity contribution < 1.29 is 14.6 Å². The highest BCUT2D eigenvalue weighted by Crippen LogP contribution is 2.35. The molecule has 0 saturated carbocycles. The second-order valence-electron chi connectivity index (χ2n) is 3.86. The Hall–Kier alpha value is -0.780. The van der Waals surface area contributed by atoms with Crippen LogP contribution in [-0.4, -0.2) is 44.4 Å². The summed E-state index contributed by atoms with van der Waals surface area (Å²) in [5.74, 6) is 0.616. The molecule has 0 bridgehead atoms. The average Bonchev–Trinajstić information content (AvgIpc) is 2.31. The average molecular weight is 304 g/mol. The zero-order chi connectivity index (χ0) is 12.8. The Balaban J connectivity index is 2.74. The van der Waals surface area contributed by atoms with Gasteiger partial charge in [-0.2, -0.15) is 0 Å². The van der Waals surface area contributed by atoms with Crippen LogP contribution in [0.15, 0.2) is 16.6 Å². The molecule has 0 fully saturated rings. The Kier molecular flexibility index (Phi) is 5.74. The number of likely N-dealkylation sites (N-methyl/N-ethyl adjacent to an activating group) is 1. The molecule has 5 heteroatoms.